The molecule has 0 atom stereocenters. The normalized spacial score (nSPS) is 14.3. The van der Waals surface area contributed by atoms with Crippen molar-refractivity contribution in [1.29, 1.82) is 0 Å². The predicted octanol–water partition coefficient (Wildman–Crippen LogP) is 16.9. The van der Waals surface area contributed by atoms with Crippen LogP contribution < -0.4 is 0 Å². The van der Waals surface area contributed by atoms with Crippen LogP contribution in [0.1, 0.15) is 145 Å². The third-order valence-corrected chi connectivity index (χ3v) is 12.5. The summed E-state index contributed by atoms with van der Waals surface area (Å²) >= 11 is 0. The topological polar surface area (TPSA) is 50.9 Å². The van der Waals surface area contributed by atoms with Crippen molar-refractivity contribution in [3.05, 3.63) is 167 Å². The summed E-state index contributed by atoms with van der Waals surface area (Å²) in [6.45, 7) is 28.9. The van der Waals surface area contributed by atoms with Crippen LogP contribution in [0.15, 0.2) is 133 Å². The molecule has 4 nitrogen and oxygen atoms in total. The largest absolute Gasteiger partial charge is 0.507 e. The summed E-state index contributed by atoms with van der Waals surface area (Å²) in [5.41, 5.74) is 13.2. The van der Waals surface area contributed by atoms with E-state index in [4.69, 9.17) is 19.6 Å². The van der Waals surface area contributed by atoms with Crippen molar-refractivity contribution in [2.24, 2.45) is 0 Å². The molecular weight excluding hydrogens is 791 g/mol. The summed E-state index contributed by atoms with van der Waals surface area (Å²) in [6, 6.07) is 30.9. The number of para-hydroxylation sites is 1. The van der Waals surface area contributed by atoms with E-state index in [0.717, 1.165) is 77.9 Å². The van der Waals surface area contributed by atoms with Gasteiger partial charge in [-0.3, -0.25) is 9.55 Å². The van der Waals surface area contributed by atoms with Gasteiger partial charge in [0.2, 0.25) is 0 Å². The van der Waals surface area contributed by atoms with Crippen molar-refractivity contribution < 1.29 is 14.7 Å². The minimum Gasteiger partial charge on any atom is -0.507 e. The first kappa shape index (κ1) is 37.0. The van der Waals surface area contributed by atoms with Crippen molar-refractivity contribution in [1.82, 2.24) is 14.5 Å². The third kappa shape index (κ3) is 9.06. The Bertz CT molecular complexity index is 3400. The third-order valence-electron chi connectivity index (χ3n) is 12.5. The molecule has 4 heteroatoms. The van der Waals surface area contributed by atoms with E-state index in [1.54, 1.807) is 18.3 Å². The van der Waals surface area contributed by atoms with Crippen LogP contribution in [0, 0.1) is 6.92 Å². The summed E-state index contributed by atoms with van der Waals surface area (Å²) in [6.07, 6.45) is 1.61. The molecule has 2 heterocycles. The second-order valence-corrected chi connectivity index (χ2v) is 21.1. The van der Waals surface area contributed by atoms with Crippen molar-refractivity contribution in [3.8, 4) is 67.5 Å². The number of aryl methyl sites for hydroxylation is 1. The highest BCUT2D eigenvalue weighted by atomic mass is 16.3. The lowest BCUT2D eigenvalue weighted by Crippen LogP contribution is -2.17. The van der Waals surface area contributed by atoms with Crippen LogP contribution >= 0.6 is 0 Å². The van der Waals surface area contributed by atoms with E-state index in [0.29, 0.717) is 22.6 Å². The SMILES string of the molecule is [2H]c1c([2H])c([2H])c(-c2ccnc(-c3cc(-c4cccc5c4nc(-c4cc(C(C)(C)C)cc(C(C)(C)C)c4O)n5-c4ccc(-c5cc(C([2H])(C)C)cc(C([2H])(C)C)c5)cc4C)cc(C(C)(C)C)c3)c2)c([2H])c1[2H]. The summed E-state index contributed by atoms with van der Waals surface area (Å²) in [4.78, 5) is 10.4. The molecule has 0 saturated heterocycles. The van der Waals surface area contributed by atoms with Gasteiger partial charge in [0.1, 0.15) is 11.6 Å². The van der Waals surface area contributed by atoms with E-state index in [1.807, 2.05) is 39.8 Å². The van der Waals surface area contributed by atoms with Gasteiger partial charge in [-0.2, -0.15) is 0 Å². The fraction of sp³-hybridized carbons (Fsp3) is 0.311. The van der Waals surface area contributed by atoms with E-state index in [2.05, 4.69) is 147 Å². The van der Waals surface area contributed by atoms with Gasteiger partial charge in [0.25, 0.3) is 0 Å². The number of phenols is 1. The maximum Gasteiger partial charge on any atom is 0.149 e. The van der Waals surface area contributed by atoms with Gasteiger partial charge in [0.05, 0.1) is 34.8 Å². The van der Waals surface area contributed by atoms with Gasteiger partial charge in [-0.05, 0) is 139 Å². The van der Waals surface area contributed by atoms with Crippen molar-refractivity contribution in [2.75, 3.05) is 0 Å². The lowest BCUT2D eigenvalue weighted by atomic mass is 9.79. The summed E-state index contributed by atoms with van der Waals surface area (Å²) in [5, 5.41) is 12.5. The standard InChI is InChI=1S/C61H67N3O/c1-37(2)43-28-44(38(3)4)30-45(29-43)41-23-24-54(39(5)27-41)64-55-22-18-21-50(56(55)63-58(64)51-35-49(60(9,10)11)36-52(57(51)65)61(12,13)14)46-31-47(33-48(32-46)59(6,7)8)53-34-42(25-26-62-53)40-19-16-15-17-20-40/h15-38,65H,1-14H3/i15D,16D,17D,19D,20D,37D,38D. The minimum absolute atomic E-state index is 0.114. The summed E-state index contributed by atoms with van der Waals surface area (Å²) in [5.74, 6) is -0.987. The monoisotopic (exact) mass is 865 g/mol. The van der Waals surface area contributed by atoms with Gasteiger partial charge >= 0.3 is 0 Å². The Hall–Kier alpha value is -6.26. The van der Waals surface area contributed by atoms with E-state index < -0.39 is 35.3 Å². The summed E-state index contributed by atoms with van der Waals surface area (Å²) in [7, 11) is 0. The number of hydrogen-bond acceptors (Lipinski definition) is 3. The van der Waals surface area contributed by atoms with E-state index in [9.17, 15) is 5.11 Å². The first-order valence-electron chi connectivity index (χ1n) is 26.1. The first-order chi connectivity index (χ1) is 33.2. The van der Waals surface area contributed by atoms with Gasteiger partial charge in [-0.15, -0.1) is 0 Å². The van der Waals surface area contributed by atoms with E-state index in [-0.39, 0.29) is 34.2 Å². The lowest BCUT2D eigenvalue weighted by Gasteiger charge is -2.27. The van der Waals surface area contributed by atoms with Crippen LogP contribution in [0.4, 0.5) is 0 Å². The fourth-order valence-electron chi connectivity index (χ4n) is 8.53. The predicted molar refractivity (Wildman–Crippen MR) is 277 cm³/mol. The Labute approximate surface area is 398 Å². The van der Waals surface area contributed by atoms with Crippen molar-refractivity contribution >= 4 is 11.0 Å². The Morgan fingerprint density at radius 3 is 1.83 bits per heavy atom. The molecule has 0 aliphatic carbocycles. The Morgan fingerprint density at radius 1 is 0.585 bits per heavy atom. The zero-order valence-corrected chi connectivity index (χ0v) is 40.6. The number of hydrogen-bond donors (Lipinski definition) is 1. The Morgan fingerprint density at radius 2 is 1.22 bits per heavy atom. The quantitative estimate of drug-likeness (QED) is 0.166. The van der Waals surface area contributed by atoms with Gasteiger partial charge in [-0.25, -0.2) is 4.98 Å². The molecule has 0 spiro atoms. The highest BCUT2D eigenvalue weighted by molar-refractivity contribution is 5.97. The summed E-state index contributed by atoms with van der Waals surface area (Å²) < 4.78 is 62.3. The fourth-order valence-corrected chi connectivity index (χ4v) is 8.53. The number of phenolic OH excluding ortho intramolecular Hbond substituents is 1. The number of nitrogens with zero attached hydrogens (tertiary/aromatic N) is 3. The van der Waals surface area contributed by atoms with E-state index >= 15 is 0 Å². The molecule has 8 rings (SSSR count). The van der Waals surface area contributed by atoms with Crippen LogP contribution in [-0.4, -0.2) is 19.6 Å². The van der Waals surface area contributed by atoms with Crippen LogP contribution in [0.25, 0.3) is 72.7 Å². The second kappa shape index (κ2) is 16.9. The molecule has 0 aliphatic rings. The molecule has 8 aromatic rings. The molecule has 2 aromatic heterocycles. The van der Waals surface area contributed by atoms with Crippen LogP contribution in [0.2, 0.25) is 0 Å². The molecule has 0 saturated carbocycles. The van der Waals surface area contributed by atoms with Crippen molar-refractivity contribution in [3.63, 3.8) is 0 Å². The number of benzene rings is 6. The molecule has 0 radical (unpaired) electrons. The maximum absolute atomic E-state index is 12.5. The number of rotatable bonds is 8. The Kier molecular flexibility index (Phi) is 9.65. The molecule has 0 amide bonds. The number of pyridine rings is 1. The molecule has 65 heavy (non-hydrogen) atoms. The average molecular weight is 865 g/mol. The van der Waals surface area contributed by atoms with Gasteiger partial charge < -0.3 is 5.11 Å². The maximum atomic E-state index is 12.5. The number of fused-ring (bicyclic) bond motifs is 1. The molecule has 332 valence electrons. The van der Waals surface area contributed by atoms with Gasteiger partial charge in [0, 0.05) is 25.6 Å². The lowest BCUT2D eigenvalue weighted by molar-refractivity contribution is 0.446. The van der Waals surface area contributed by atoms with Gasteiger partial charge in [-0.1, -0.05) is 169 Å². The number of aromatic nitrogens is 3. The second-order valence-electron chi connectivity index (χ2n) is 21.1. The number of imidazole rings is 1. The molecule has 0 unspecified atom stereocenters. The molecule has 0 aliphatic heterocycles. The highest BCUT2D eigenvalue weighted by Gasteiger charge is 2.29. The average Bonchev–Trinajstić information content (AvgIpc) is 3.67. The highest BCUT2D eigenvalue weighted by Crippen LogP contribution is 2.45. The smallest absolute Gasteiger partial charge is 0.149 e. The zero-order valence-electron chi connectivity index (χ0n) is 47.6. The van der Waals surface area contributed by atoms with Crippen LogP contribution in [0.3, 0.4) is 0 Å². The van der Waals surface area contributed by atoms with Crippen LogP contribution in [-0.2, 0) is 16.2 Å². The molecular formula is C61H67N3O. The molecule has 0 fully saturated rings. The van der Waals surface area contributed by atoms with Crippen molar-refractivity contribution in [2.45, 2.75) is 125 Å². The molecule has 6 aromatic carbocycles. The number of aromatic hydroxyl groups is 1. The van der Waals surface area contributed by atoms with Crippen LogP contribution in [0.5, 0.6) is 5.75 Å². The first-order valence-corrected chi connectivity index (χ1v) is 22.6. The minimum atomic E-state index is -0.870. The van der Waals surface area contributed by atoms with Gasteiger partial charge in [0.15, 0.2) is 0 Å². The van der Waals surface area contributed by atoms with E-state index in [1.165, 1.54) is 0 Å². The Balaban J connectivity index is 1.41. The molecule has 1 N–H and O–H groups in total. The zero-order chi connectivity index (χ0) is 52.9. The molecule has 0 bridgehead atoms.